The summed E-state index contributed by atoms with van der Waals surface area (Å²) in [5.74, 6) is -0.639. The number of aryl methyl sites for hydroxylation is 1. The van der Waals surface area contributed by atoms with Crippen molar-refractivity contribution < 1.29 is 32.2 Å². The average molecular weight is 373 g/mol. The summed E-state index contributed by atoms with van der Waals surface area (Å²) in [5.41, 5.74) is 0.727. The predicted octanol–water partition coefficient (Wildman–Crippen LogP) is 1.27. The fourth-order valence-corrected chi connectivity index (χ4v) is 3.13. The Balaban J connectivity index is 1.78. The summed E-state index contributed by atoms with van der Waals surface area (Å²) < 4.78 is 34.5. The summed E-state index contributed by atoms with van der Waals surface area (Å²) in [7, 11) is -4.70. The monoisotopic (exact) mass is 373 g/mol. The van der Waals surface area contributed by atoms with Crippen molar-refractivity contribution in [2.45, 2.75) is 44.6 Å². The van der Waals surface area contributed by atoms with Gasteiger partial charge in [-0.1, -0.05) is 6.07 Å². The summed E-state index contributed by atoms with van der Waals surface area (Å²) in [6.07, 6.45) is 3.31. The molecule has 0 atom stereocenters. The van der Waals surface area contributed by atoms with Crippen LogP contribution in [-0.4, -0.2) is 53.2 Å². The third-order valence-corrected chi connectivity index (χ3v) is 4.53. The van der Waals surface area contributed by atoms with Crippen LogP contribution in [0.5, 0.6) is 11.5 Å². The number of carbonyl (C=O) groups excluding carboxylic acids is 1. The number of hydrogen-bond acceptors (Lipinski definition) is 6. The van der Waals surface area contributed by atoms with E-state index in [0.717, 1.165) is 5.56 Å². The summed E-state index contributed by atoms with van der Waals surface area (Å²) >= 11 is 0. The van der Waals surface area contributed by atoms with Crippen molar-refractivity contribution in [1.82, 2.24) is 4.90 Å². The molecule has 1 aromatic carbocycles. The van der Waals surface area contributed by atoms with Crippen molar-refractivity contribution in [3.8, 4) is 11.5 Å². The Morgan fingerprint density at radius 1 is 1.24 bits per heavy atom. The van der Waals surface area contributed by atoms with E-state index >= 15 is 0 Å². The average Bonchev–Trinajstić information content (AvgIpc) is 2.53. The molecular weight excluding hydrogens is 350 g/mol. The Kier molecular flexibility index (Phi) is 6.63. The molecule has 2 rings (SSSR count). The van der Waals surface area contributed by atoms with Gasteiger partial charge in [-0.25, -0.2) is 0 Å². The lowest BCUT2D eigenvalue weighted by molar-refractivity contribution is -0.133. The number of piperidine rings is 1. The van der Waals surface area contributed by atoms with Crippen LogP contribution in [0.4, 0.5) is 0 Å². The van der Waals surface area contributed by atoms with E-state index in [-0.39, 0.29) is 23.5 Å². The highest BCUT2D eigenvalue weighted by Gasteiger charge is 2.20. The minimum absolute atomic E-state index is 0.0769. The predicted molar refractivity (Wildman–Crippen MR) is 89.7 cm³/mol. The standard InChI is InChI=1S/C16H23NO7S/c18-13-7-9-17(10-8-13)16(20)4-2-1-3-12-5-6-14(19)15(11-12)24-25(21,22)23/h5-6,11,13,18-19H,1-4,7-10H2,(H,21,22,23). The van der Waals surface area contributed by atoms with Crippen molar-refractivity contribution in [2.24, 2.45) is 0 Å². The van der Waals surface area contributed by atoms with Gasteiger partial charge < -0.3 is 19.3 Å². The molecule has 0 bridgehead atoms. The van der Waals surface area contributed by atoms with Gasteiger partial charge >= 0.3 is 10.4 Å². The first-order valence-corrected chi connectivity index (χ1v) is 9.56. The van der Waals surface area contributed by atoms with E-state index in [4.69, 9.17) is 4.55 Å². The number of nitrogens with zero attached hydrogens (tertiary/aromatic N) is 1. The molecule has 1 amide bonds. The lowest BCUT2D eigenvalue weighted by atomic mass is 10.0. The highest BCUT2D eigenvalue weighted by atomic mass is 32.3. The summed E-state index contributed by atoms with van der Waals surface area (Å²) in [6.45, 7) is 1.18. The molecule has 0 radical (unpaired) electrons. The zero-order chi connectivity index (χ0) is 18.4. The molecule has 1 aliphatic heterocycles. The highest BCUT2D eigenvalue weighted by Crippen LogP contribution is 2.28. The number of aliphatic hydroxyl groups excluding tert-OH is 1. The van der Waals surface area contributed by atoms with Gasteiger partial charge in [0.15, 0.2) is 11.5 Å². The fourth-order valence-electron chi connectivity index (χ4n) is 2.77. The largest absolute Gasteiger partial charge is 0.504 e. The first-order valence-electron chi connectivity index (χ1n) is 8.19. The van der Waals surface area contributed by atoms with Crippen LogP contribution in [0.2, 0.25) is 0 Å². The maximum Gasteiger partial charge on any atom is 0.446 e. The second-order valence-corrected chi connectivity index (χ2v) is 7.15. The summed E-state index contributed by atoms with van der Waals surface area (Å²) in [4.78, 5) is 13.8. The first-order chi connectivity index (χ1) is 11.7. The molecule has 1 saturated heterocycles. The molecule has 1 aliphatic rings. The zero-order valence-corrected chi connectivity index (χ0v) is 14.6. The van der Waals surface area contributed by atoms with Crippen molar-refractivity contribution >= 4 is 16.3 Å². The van der Waals surface area contributed by atoms with E-state index in [1.165, 1.54) is 12.1 Å². The van der Waals surface area contributed by atoms with Crippen LogP contribution in [-0.2, 0) is 21.6 Å². The number of rotatable bonds is 7. The van der Waals surface area contributed by atoms with Crippen LogP contribution in [0.1, 0.15) is 37.7 Å². The molecular formula is C16H23NO7S. The van der Waals surface area contributed by atoms with Crippen LogP contribution in [0.3, 0.4) is 0 Å². The SMILES string of the molecule is O=C(CCCCc1ccc(O)c(OS(=O)(=O)O)c1)N1CCC(O)CC1. The quantitative estimate of drug-likeness (QED) is 0.485. The minimum atomic E-state index is -4.70. The van der Waals surface area contributed by atoms with E-state index < -0.39 is 10.4 Å². The van der Waals surface area contributed by atoms with Crippen LogP contribution >= 0.6 is 0 Å². The molecule has 0 saturated carbocycles. The lowest BCUT2D eigenvalue weighted by Crippen LogP contribution is -2.39. The number of hydrogen-bond donors (Lipinski definition) is 3. The Morgan fingerprint density at radius 2 is 1.92 bits per heavy atom. The maximum atomic E-state index is 12.1. The third kappa shape index (κ3) is 6.52. The lowest BCUT2D eigenvalue weighted by Gasteiger charge is -2.29. The van der Waals surface area contributed by atoms with Gasteiger partial charge in [0.1, 0.15) is 0 Å². The number of phenols is 1. The van der Waals surface area contributed by atoms with E-state index in [1.54, 1.807) is 11.0 Å². The molecule has 0 aromatic heterocycles. The van der Waals surface area contributed by atoms with Gasteiger partial charge in [-0.2, -0.15) is 8.42 Å². The zero-order valence-electron chi connectivity index (χ0n) is 13.8. The first kappa shape index (κ1) is 19.5. The molecule has 9 heteroatoms. The third-order valence-electron chi connectivity index (χ3n) is 4.14. The number of aromatic hydroxyl groups is 1. The molecule has 1 fully saturated rings. The van der Waals surface area contributed by atoms with Gasteiger partial charge in [0.2, 0.25) is 5.91 Å². The van der Waals surface area contributed by atoms with Gasteiger partial charge in [-0.15, -0.1) is 0 Å². The van der Waals surface area contributed by atoms with Crippen LogP contribution < -0.4 is 4.18 Å². The van der Waals surface area contributed by atoms with Crippen molar-refractivity contribution in [3.63, 3.8) is 0 Å². The molecule has 8 nitrogen and oxygen atoms in total. The molecule has 0 unspecified atom stereocenters. The second-order valence-electron chi connectivity index (χ2n) is 6.13. The van der Waals surface area contributed by atoms with Gasteiger partial charge in [-0.3, -0.25) is 9.35 Å². The second kappa shape index (κ2) is 8.50. The number of phenolic OH excluding ortho intramolecular Hbond substituents is 1. The molecule has 140 valence electrons. The van der Waals surface area contributed by atoms with Gasteiger partial charge in [0.25, 0.3) is 0 Å². The highest BCUT2D eigenvalue weighted by molar-refractivity contribution is 7.81. The Bertz CT molecular complexity index is 696. The van der Waals surface area contributed by atoms with Crippen LogP contribution in [0.15, 0.2) is 18.2 Å². The number of aliphatic hydroxyl groups is 1. The Hall–Kier alpha value is -1.84. The number of amides is 1. The van der Waals surface area contributed by atoms with E-state index in [0.29, 0.717) is 51.6 Å². The number of benzene rings is 1. The normalized spacial score (nSPS) is 16.0. The minimum Gasteiger partial charge on any atom is -0.504 e. The molecule has 0 spiro atoms. The molecule has 3 N–H and O–H groups in total. The molecule has 1 heterocycles. The van der Waals surface area contributed by atoms with E-state index in [1.807, 2.05) is 0 Å². The smallest absolute Gasteiger partial charge is 0.446 e. The van der Waals surface area contributed by atoms with Crippen LogP contribution in [0, 0.1) is 0 Å². The van der Waals surface area contributed by atoms with Gasteiger partial charge in [-0.05, 0) is 49.8 Å². The molecule has 1 aromatic rings. The summed E-state index contributed by atoms with van der Waals surface area (Å²) in [5, 5.41) is 19.0. The van der Waals surface area contributed by atoms with Gasteiger partial charge in [0.05, 0.1) is 6.10 Å². The molecule has 25 heavy (non-hydrogen) atoms. The van der Waals surface area contributed by atoms with E-state index in [2.05, 4.69) is 4.18 Å². The van der Waals surface area contributed by atoms with Crippen molar-refractivity contribution in [2.75, 3.05) is 13.1 Å². The topological polar surface area (TPSA) is 124 Å². The van der Waals surface area contributed by atoms with Crippen LogP contribution in [0.25, 0.3) is 0 Å². The number of likely N-dealkylation sites (tertiary alicyclic amines) is 1. The Morgan fingerprint density at radius 3 is 2.56 bits per heavy atom. The van der Waals surface area contributed by atoms with E-state index in [9.17, 15) is 23.4 Å². The fraction of sp³-hybridized carbons (Fsp3) is 0.562. The molecule has 0 aliphatic carbocycles. The van der Waals surface area contributed by atoms with Gasteiger partial charge in [0, 0.05) is 19.5 Å². The Labute approximate surface area is 147 Å². The maximum absolute atomic E-state index is 12.1. The number of carbonyl (C=O) groups is 1. The van der Waals surface area contributed by atoms with Crippen molar-refractivity contribution in [1.29, 1.82) is 0 Å². The number of unbranched alkanes of at least 4 members (excludes halogenated alkanes) is 1. The summed E-state index contributed by atoms with van der Waals surface area (Å²) in [6, 6.07) is 4.26. The van der Waals surface area contributed by atoms with Crippen molar-refractivity contribution in [3.05, 3.63) is 23.8 Å².